The van der Waals surface area contributed by atoms with E-state index in [0.29, 0.717) is 5.56 Å². The molecule has 0 aliphatic rings. The molecule has 0 saturated carbocycles. The van der Waals surface area contributed by atoms with Gasteiger partial charge in [-0.3, -0.25) is 0 Å². The van der Waals surface area contributed by atoms with Crippen molar-refractivity contribution in [1.82, 2.24) is 4.57 Å². The number of carbonyl (C=O) groups is 1. The van der Waals surface area contributed by atoms with Gasteiger partial charge < -0.3 is 9.30 Å². The first-order valence-corrected chi connectivity index (χ1v) is 5.26. The first-order chi connectivity index (χ1) is 7.15. The fraction of sp³-hybridized carbons (Fsp3) is 0.182. The molecule has 1 aromatic carbocycles. The monoisotopic (exact) mass is 267 g/mol. The second-order valence-corrected chi connectivity index (χ2v) is 4.13. The van der Waals surface area contributed by atoms with E-state index >= 15 is 0 Å². The van der Waals surface area contributed by atoms with Crippen LogP contribution in [-0.2, 0) is 11.8 Å². The van der Waals surface area contributed by atoms with Crippen molar-refractivity contribution < 1.29 is 9.53 Å². The maximum Gasteiger partial charge on any atom is 0.338 e. The highest BCUT2D eigenvalue weighted by molar-refractivity contribution is 9.10. The summed E-state index contributed by atoms with van der Waals surface area (Å²) in [6, 6.07) is 5.53. The van der Waals surface area contributed by atoms with E-state index in [1.807, 2.05) is 29.9 Å². The van der Waals surface area contributed by atoms with E-state index in [4.69, 9.17) is 4.74 Å². The van der Waals surface area contributed by atoms with Gasteiger partial charge in [-0.2, -0.15) is 0 Å². The van der Waals surface area contributed by atoms with E-state index in [1.54, 1.807) is 6.07 Å². The maximum atomic E-state index is 11.5. The third-order valence-corrected chi connectivity index (χ3v) is 3.03. The highest BCUT2D eigenvalue weighted by atomic mass is 79.9. The van der Waals surface area contributed by atoms with Crippen molar-refractivity contribution in [2.24, 2.45) is 7.05 Å². The van der Waals surface area contributed by atoms with Gasteiger partial charge in [-0.15, -0.1) is 0 Å². The third-order valence-electron chi connectivity index (χ3n) is 2.39. The molecule has 2 rings (SSSR count). The number of carbonyl (C=O) groups excluding carboxylic acids is 1. The van der Waals surface area contributed by atoms with Gasteiger partial charge in [0.05, 0.1) is 18.2 Å². The molecule has 0 atom stereocenters. The topological polar surface area (TPSA) is 31.2 Å². The maximum absolute atomic E-state index is 11.5. The zero-order valence-electron chi connectivity index (χ0n) is 8.45. The second kappa shape index (κ2) is 3.70. The standard InChI is InChI=1S/C11H10BrNO2/c1-13-6-5-7-8(11(14)15-2)3-4-9(12)10(7)13/h3-6H,1-2H3. The number of hydrogen-bond acceptors (Lipinski definition) is 2. The summed E-state index contributed by atoms with van der Waals surface area (Å²) in [5, 5.41) is 0.902. The van der Waals surface area contributed by atoms with Crippen LogP contribution < -0.4 is 0 Å². The summed E-state index contributed by atoms with van der Waals surface area (Å²) in [7, 11) is 3.33. The van der Waals surface area contributed by atoms with Gasteiger partial charge in [0.2, 0.25) is 0 Å². The van der Waals surface area contributed by atoms with Crippen molar-refractivity contribution in [2.45, 2.75) is 0 Å². The number of benzene rings is 1. The second-order valence-electron chi connectivity index (χ2n) is 3.28. The summed E-state index contributed by atoms with van der Waals surface area (Å²) in [4.78, 5) is 11.5. The number of methoxy groups -OCH3 is 1. The van der Waals surface area contributed by atoms with Crippen molar-refractivity contribution >= 4 is 32.8 Å². The summed E-state index contributed by atoms with van der Waals surface area (Å²) in [5.74, 6) is -0.307. The Morgan fingerprint density at radius 3 is 2.80 bits per heavy atom. The highest BCUT2D eigenvalue weighted by Crippen LogP contribution is 2.27. The Balaban J connectivity index is 2.78. The molecule has 0 unspecified atom stereocenters. The number of hydrogen-bond donors (Lipinski definition) is 0. The van der Waals surface area contributed by atoms with Gasteiger partial charge in [-0.05, 0) is 34.1 Å². The van der Waals surface area contributed by atoms with E-state index in [1.165, 1.54) is 7.11 Å². The van der Waals surface area contributed by atoms with Crippen molar-refractivity contribution in [1.29, 1.82) is 0 Å². The lowest BCUT2D eigenvalue weighted by Crippen LogP contribution is -2.01. The highest BCUT2D eigenvalue weighted by Gasteiger charge is 2.13. The molecule has 78 valence electrons. The Morgan fingerprint density at radius 1 is 1.40 bits per heavy atom. The minimum absolute atomic E-state index is 0.307. The molecule has 0 N–H and O–H groups in total. The van der Waals surface area contributed by atoms with E-state index in [2.05, 4.69) is 15.9 Å². The number of aryl methyl sites for hydroxylation is 1. The van der Waals surface area contributed by atoms with E-state index in [-0.39, 0.29) is 5.97 Å². The van der Waals surface area contributed by atoms with Crippen molar-refractivity contribution in [3.8, 4) is 0 Å². The van der Waals surface area contributed by atoms with Crippen LogP contribution in [0.5, 0.6) is 0 Å². The van der Waals surface area contributed by atoms with Crippen LogP contribution in [0.1, 0.15) is 10.4 Å². The fourth-order valence-electron chi connectivity index (χ4n) is 1.66. The summed E-state index contributed by atoms with van der Waals surface area (Å²) >= 11 is 3.46. The lowest BCUT2D eigenvalue weighted by Gasteiger charge is -2.04. The van der Waals surface area contributed by atoms with Gasteiger partial charge in [0, 0.05) is 23.1 Å². The van der Waals surface area contributed by atoms with Gasteiger partial charge in [0.15, 0.2) is 0 Å². The minimum atomic E-state index is -0.307. The van der Waals surface area contributed by atoms with Gasteiger partial charge in [0.1, 0.15) is 0 Å². The third kappa shape index (κ3) is 1.55. The molecule has 0 amide bonds. The number of esters is 1. The molecular formula is C11H10BrNO2. The largest absolute Gasteiger partial charge is 0.465 e. The van der Waals surface area contributed by atoms with Crippen LogP contribution in [0.3, 0.4) is 0 Å². The summed E-state index contributed by atoms with van der Waals surface area (Å²) in [5.41, 5.74) is 1.59. The van der Waals surface area contributed by atoms with Crippen LogP contribution in [0.4, 0.5) is 0 Å². The number of rotatable bonds is 1. The smallest absolute Gasteiger partial charge is 0.338 e. The van der Waals surface area contributed by atoms with Crippen molar-refractivity contribution in [3.05, 3.63) is 34.4 Å². The van der Waals surface area contributed by atoms with E-state index < -0.39 is 0 Å². The molecule has 0 radical (unpaired) electrons. The van der Waals surface area contributed by atoms with Crippen LogP contribution in [-0.4, -0.2) is 17.6 Å². The van der Waals surface area contributed by atoms with Gasteiger partial charge in [0.25, 0.3) is 0 Å². The van der Waals surface area contributed by atoms with Crippen molar-refractivity contribution in [3.63, 3.8) is 0 Å². The SMILES string of the molecule is COC(=O)c1ccc(Br)c2c1ccn2C. The predicted octanol–water partition coefficient (Wildman–Crippen LogP) is 2.73. The molecule has 0 spiro atoms. The number of halogens is 1. The number of fused-ring (bicyclic) bond motifs is 1. The van der Waals surface area contributed by atoms with Crippen LogP contribution in [0, 0.1) is 0 Å². The molecule has 3 nitrogen and oxygen atoms in total. The molecule has 0 bridgehead atoms. The molecule has 2 aromatic rings. The molecule has 4 heteroatoms. The molecule has 1 heterocycles. The van der Waals surface area contributed by atoms with Gasteiger partial charge in [-0.1, -0.05) is 0 Å². The zero-order valence-corrected chi connectivity index (χ0v) is 10.0. The summed E-state index contributed by atoms with van der Waals surface area (Å²) < 4.78 is 7.66. The van der Waals surface area contributed by atoms with Crippen LogP contribution in [0.2, 0.25) is 0 Å². The molecule has 1 aromatic heterocycles. The Morgan fingerprint density at radius 2 is 2.13 bits per heavy atom. The number of ether oxygens (including phenoxy) is 1. The quantitative estimate of drug-likeness (QED) is 0.744. The van der Waals surface area contributed by atoms with E-state index in [0.717, 1.165) is 15.4 Å². The fourth-order valence-corrected chi connectivity index (χ4v) is 2.28. The molecule has 0 aliphatic heterocycles. The Hall–Kier alpha value is -1.29. The Kier molecular flexibility index (Phi) is 2.52. The lowest BCUT2D eigenvalue weighted by molar-refractivity contribution is 0.0603. The average molecular weight is 268 g/mol. The van der Waals surface area contributed by atoms with Crippen LogP contribution in [0.15, 0.2) is 28.9 Å². The average Bonchev–Trinajstić information content (AvgIpc) is 2.61. The van der Waals surface area contributed by atoms with Gasteiger partial charge in [-0.25, -0.2) is 4.79 Å². The normalized spacial score (nSPS) is 10.6. The molecular weight excluding hydrogens is 258 g/mol. The summed E-state index contributed by atoms with van der Waals surface area (Å²) in [6.07, 6.45) is 1.92. The Bertz CT molecular complexity index is 531. The molecule has 15 heavy (non-hydrogen) atoms. The first kappa shape index (κ1) is 10.2. The molecule has 0 saturated heterocycles. The van der Waals surface area contributed by atoms with E-state index in [9.17, 15) is 4.79 Å². The number of nitrogens with zero attached hydrogens (tertiary/aromatic N) is 1. The first-order valence-electron chi connectivity index (χ1n) is 4.47. The lowest BCUT2D eigenvalue weighted by atomic mass is 10.1. The Labute approximate surface area is 95.8 Å². The molecule has 0 fully saturated rings. The predicted molar refractivity (Wildman–Crippen MR) is 62.0 cm³/mol. The molecule has 0 aliphatic carbocycles. The van der Waals surface area contributed by atoms with Crippen LogP contribution in [0.25, 0.3) is 10.9 Å². The van der Waals surface area contributed by atoms with Gasteiger partial charge >= 0.3 is 5.97 Å². The zero-order chi connectivity index (χ0) is 11.0. The summed E-state index contributed by atoms with van der Waals surface area (Å²) in [6.45, 7) is 0. The number of aromatic nitrogens is 1. The van der Waals surface area contributed by atoms with Crippen molar-refractivity contribution in [2.75, 3.05) is 7.11 Å². The minimum Gasteiger partial charge on any atom is -0.465 e. The van der Waals surface area contributed by atoms with Crippen LogP contribution >= 0.6 is 15.9 Å².